The van der Waals surface area contributed by atoms with Crippen LogP contribution in [0.5, 0.6) is 0 Å². The number of urea groups is 1. The molecule has 0 heterocycles. The van der Waals surface area contributed by atoms with Gasteiger partial charge in [0, 0.05) is 4.47 Å². The lowest BCUT2D eigenvalue weighted by molar-refractivity contribution is 0.249. The van der Waals surface area contributed by atoms with E-state index in [-0.39, 0.29) is 11.7 Å². The van der Waals surface area contributed by atoms with Gasteiger partial charge >= 0.3 is 6.03 Å². The normalized spacial score (nSPS) is 11.8. The maximum Gasteiger partial charge on any atom is 0.319 e. The number of para-hydroxylation sites is 1. The molecule has 0 saturated heterocycles. The number of nitrogens with one attached hydrogen (secondary N) is 2. The zero-order valence-corrected chi connectivity index (χ0v) is 12.4. The van der Waals surface area contributed by atoms with Crippen molar-refractivity contribution in [1.82, 2.24) is 5.32 Å². The maximum atomic E-state index is 13.4. The summed E-state index contributed by atoms with van der Waals surface area (Å²) >= 11 is 3.38. The number of hydrogen-bond acceptors (Lipinski definition) is 1. The van der Waals surface area contributed by atoms with Crippen molar-refractivity contribution < 1.29 is 9.18 Å². The van der Waals surface area contributed by atoms with E-state index in [0.717, 1.165) is 10.0 Å². The second-order valence-electron chi connectivity index (χ2n) is 4.36. The van der Waals surface area contributed by atoms with Crippen LogP contribution in [0.15, 0.2) is 53.0 Å². The van der Waals surface area contributed by atoms with E-state index in [9.17, 15) is 9.18 Å². The highest BCUT2D eigenvalue weighted by molar-refractivity contribution is 9.10. The van der Waals surface area contributed by atoms with Crippen LogP contribution in [0.1, 0.15) is 18.5 Å². The fourth-order valence-electron chi connectivity index (χ4n) is 1.78. The van der Waals surface area contributed by atoms with Gasteiger partial charge in [-0.1, -0.05) is 40.2 Å². The summed E-state index contributed by atoms with van der Waals surface area (Å²) < 4.78 is 14.4. The molecule has 0 aliphatic heterocycles. The number of halogens is 2. The summed E-state index contributed by atoms with van der Waals surface area (Å²) in [6, 6.07) is 13.1. The zero-order chi connectivity index (χ0) is 14.5. The first-order valence-corrected chi connectivity index (χ1v) is 6.93. The van der Waals surface area contributed by atoms with Crippen LogP contribution in [0.2, 0.25) is 0 Å². The van der Waals surface area contributed by atoms with Crippen molar-refractivity contribution in [3.8, 4) is 0 Å². The quantitative estimate of drug-likeness (QED) is 0.852. The van der Waals surface area contributed by atoms with Crippen LogP contribution in [0.25, 0.3) is 0 Å². The molecule has 2 amide bonds. The zero-order valence-electron chi connectivity index (χ0n) is 10.9. The Kier molecular flexibility index (Phi) is 4.74. The van der Waals surface area contributed by atoms with E-state index < -0.39 is 11.8 Å². The molecule has 0 bridgehead atoms. The molecule has 5 heteroatoms. The minimum absolute atomic E-state index is 0.159. The fraction of sp³-hybridized carbons (Fsp3) is 0.133. The third-order valence-electron chi connectivity index (χ3n) is 2.82. The molecular formula is C15H14BrFN2O. The van der Waals surface area contributed by atoms with Crippen molar-refractivity contribution in [2.45, 2.75) is 13.0 Å². The Balaban J connectivity index is 2.00. The van der Waals surface area contributed by atoms with Crippen LogP contribution in [0, 0.1) is 5.82 Å². The summed E-state index contributed by atoms with van der Waals surface area (Å²) in [6.07, 6.45) is 0. The van der Waals surface area contributed by atoms with Gasteiger partial charge in [-0.3, -0.25) is 0 Å². The van der Waals surface area contributed by atoms with Gasteiger partial charge in [0.2, 0.25) is 0 Å². The van der Waals surface area contributed by atoms with E-state index >= 15 is 0 Å². The van der Waals surface area contributed by atoms with Crippen molar-refractivity contribution in [3.63, 3.8) is 0 Å². The Morgan fingerprint density at radius 3 is 2.65 bits per heavy atom. The van der Waals surface area contributed by atoms with E-state index in [1.807, 2.05) is 31.2 Å². The number of amides is 2. The Bertz CT molecular complexity index is 618. The Morgan fingerprint density at radius 1 is 1.20 bits per heavy atom. The van der Waals surface area contributed by atoms with Crippen molar-refractivity contribution in [2.75, 3.05) is 5.32 Å². The number of hydrogen-bond donors (Lipinski definition) is 2. The van der Waals surface area contributed by atoms with Gasteiger partial charge in [0.05, 0.1) is 11.7 Å². The molecule has 104 valence electrons. The molecule has 0 aliphatic rings. The Labute approximate surface area is 125 Å². The number of anilines is 1. The molecule has 0 fully saturated rings. The van der Waals surface area contributed by atoms with Gasteiger partial charge in [-0.25, -0.2) is 9.18 Å². The third kappa shape index (κ3) is 3.81. The lowest BCUT2D eigenvalue weighted by Gasteiger charge is -2.15. The highest BCUT2D eigenvalue weighted by Gasteiger charge is 2.11. The lowest BCUT2D eigenvalue weighted by atomic mass is 10.1. The highest BCUT2D eigenvalue weighted by Crippen LogP contribution is 2.18. The minimum atomic E-state index is -0.460. The molecule has 0 spiro atoms. The van der Waals surface area contributed by atoms with Gasteiger partial charge in [0.25, 0.3) is 0 Å². The molecule has 1 atom stereocenters. The van der Waals surface area contributed by atoms with Crippen molar-refractivity contribution in [1.29, 1.82) is 0 Å². The Hall–Kier alpha value is -1.88. The van der Waals surface area contributed by atoms with Crippen LogP contribution in [-0.2, 0) is 0 Å². The summed E-state index contributed by atoms with van der Waals surface area (Å²) in [6.45, 7) is 1.86. The molecule has 2 aromatic carbocycles. The van der Waals surface area contributed by atoms with Crippen molar-refractivity contribution >= 4 is 27.6 Å². The first kappa shape index (κ1) is 14.5. The number of carbonyl (C=O) groups excluding carboxylic acids is 1. The minimum Gasteiger partial charge on any atom is -0.331 e. The standard InChI is InChI=1S/C15H14BrFN2O/c1-10(11-5-4-6-12(16)9-11)18-15(20)19-14-8-3-2-7-13(14)17/h2-10H,1H3,(H2,18,19,20). The van der Waals surface area contributed by atoms with Crippen LogP contribution >= 0.6 is 15.9 Å². The third-order valence-corrected chi connectivity index (χ3v) is 3.31. The van der Waals surface area contributed by atoms with Crippen LogP contribution in [0.4, 0.5) is 14.9 Å². The summed E-state index contributed by atoms with van der Waals surface area (Å²) in [5, 5.41) is 5.25. The second-order valence-corrected chi connectivity index (χ2v) is 5.27. The summed E-state index contributed by atoms with van der Waals surface area (Å²) in [5.41, 5.74) is 1.12. The van der Waals surface area contributed by atoms with Gasteiger partial charge in [0.15, 0.2) is 0 Å². The molecule has 0 aromatic heterocycles. The molecular weight excluding hydrogens is 323 g/mol. The van der Waals surface area contributed by atoms with Crippen LogP contribution < -0.4 is 10.6 Å². The summed E-state index contributed by atoms with van der Waals surface area (Å²) in [4.78, 5) is 11.8. The number of carbonyl (C=O) groups is 1. The topological polar surface area (TPSA) is 41.1 Å². The first-order chi connectivity index (χ1) is 9.56. The molecule has 3 nitrogen and oxygen atoms in total. The molecule has 0 aliphatic carbocycles. The summed E-state index contributed by atoms with van der Waals surface area (Å²) in [5.74, 6) is -0.460. The van der Waals surface area contributed by atoms with Gasteiger partial charge in [0.1, 0.15) is 5.82 Å². The van der Waals surface area contributed by atoms with E-state index in [1.165, 1.54) is 12.1 Å². The smallest absolute Gasteiger partial charge is 0.319 e. The van der Waals surface area contributed by atoms with E-state index in [4.69, 9.17) is 0 Å². The van der Waals surface area contributed by atoms with Crippen LogP contribution in [0.3, 0.4) is 0 Å². The number of rotatable bonds is 3. The predicted octanol–water partition coefficient (Wildman–Crippen LogP) is 4.47. The van der Waals surface area contributed by atoms with Gasteiger partial charge < -0.3 is 10.6 Å². The lowest BCUT2D eigenvalue weighted by Crippen LogP contribution is -2.31. The van der Waals surface area contributed by atoms with Gasteiger partial charge in [-0.2, -0.15) is 0 Å². The number of benzene rings is 2. The predicted molar refractivity (Wildman–Crippen MR) is 81.1 cm³/mol. The molecule has 0 saturated carbocycles. The first-order valence-electron chi connectivity index (χ1n) is 6.14. The van der Waals surface area contributed by atoms with E-state index in [1.54, 1.807) is 12.1 Å². The molecule has 2 aromatic rings. The van der Waals surface area contributed by atoms with Crippen molar-refractivity contribution in [2.24, 2.45) is 0 Å². The SMILES string of the molecule is CC(NC(=O)Nc1ccccc1F)c1cccc(Br)c1. The maximum absolute atomic E-state index is 13.4. The fourth-order valence-corrected chi connectivity index (χ4v) is 2.19. The molecule has 2 rings (SSSR count). The monoisotopic (exact) mass is 336 g/mol. The molecule has 1 unspecified atom stereocenters. The highest BCUT2D eigenvalue weighted by atomic mass is 79.9. The van der Waals surface area contributed by atoms with Gasteiger partial charge in [-0.15, -0.1) is 0 Å². The van der Waals surface area contributed by atoms with E-state index in [2.05, 4.69) is 26.6 Å². The average Bonchev–Trinajstić information content (AvgIpc) is 2.41. The van der Waals surface area contributed by atoms with Gasteiger partial charge in [-0.05, 0) is 36.8 Å². The van der Waals surface area contributed by atoms with Crippen LogP contribution in [-0.4, -0.2) is 6.03 Å². The largest absolute Gasteiger partial charge is 0.331 e. The van der Waals surface area contributed by atoms with Crippen molar-refractivity contribution in [3.05, 3.63) is 64.4 Å². The summed E-state index contributed by atoms with van der Waals surface area (Å²) in [7, 11) is 0. The molecule has 0 radical (unpaired) electrons. The molecule has 2 N–H and O–H groups in total. The second kappa shape index (κ2) is 6.52. The van der Waals surface area contributed by atoms with E-state index in [0.29, 0.717) is 0 Å². The molecule has 20 heavy (non-hydrogen) atoms. The Morgan fingerprint density at radius 2 is 1.95 bits per heavy atom. The average molecular weight is 337 g/mol.